The summed E-state index contributed by atoms with van der Waals surface area (Å²) in [5, 5.41) is 0. The second kappa shape index (κ2) is 11.5. The third-order valence-corrected chi connectivity index (χ3v) is 9.59. The van der Waals surface area contributed by atoms with Crippen LogP contribution in [-0.4, -0.2) is 69.0 Å². The zero-order valence-electron chi connectivity index (χ0n) is 22.2. The Morgan fingerprint density at radius 1 is 0.973 bits per heavy atom. The van der Waals surface area contributed by atoms with Crippen molar-refractivity contribution in [1.29, 1.82) is 0 Å². The van der Waals surface area contributed by atoms with Gasteiger partial charge in [-0.25, -0.2) is 17.5 Å². The molecular formula is C28H38FN3O4S. The first kappa shape index (κ1) is 27.5. The van der Waals surface area contributed by atoms with E-state index >= 15 is 0 Å². The third kappa shape index (κ3) is 6.33. The minimum atomic E-state index is -3.80. The molecule has 0 aliphatic carbocycles. The van der Waals surface area contributed by atoms with Gasteiger partial charge in [-0.2, -0.15) is 0 Å². The highest BCUT2D eigenvalue weighted by Crippen LogP contribution is 2.27. The molecule has 2 aliphatic heterocycles. The fraction of sp³-hybridized carbons (Fsp3) is 0.536. The summed E-state index contributed by atoms with van der Waals surface area (Å²) in [6, 6.07) is 8.88. The van der Waals surface area contributed by atoms with E-state index in [1.807, 2.05) is 19.9 Å². The Hall–Kier alpha value is -2.49. The van der Waals surface area contributed by atoms with E-state index in [0.717, 1.165) is 49.9 Å². The van der Waals surface area contributed by atoms with E-state index in [0.29, 0.717) is 36.0 Å². The van der Waals surface area contributed by atoms with Gasteiger partial charge in [0.15, 0.2) is 11.6 Å². The second-order valence-electron chi connectivity index (χ2n) is 10.3. The van der Waals surface area contributed by atoms with Crippen molar-refractivity contribution in [1.82, 2.24) is 14.5 Å². The quantitative estimate of drug-likeness (QED) is 0.587. The topological polar surface area (TPSA) is 79.0 Å². The van der Waals surface area contributed by atoms with Crippen LogP contribution in [0, 0.1) is 33.5 Å². The van der Waals surface area contributed by atoms with Crippen LogP contribution in [0.4, 0.5) is 4.39 Å². The highest BCUT2D eigenvalue weighted by Gasteiger charge is 2.31. The van der Waals surface area contributed by atoms with E-state index in [1.165, 1.54) is 6.07 Å². The van der Waals surface area contributed by atoms with Gasteiger partial charge < -0.3 is 9.64 Å². The first-order chi connectivity index (χ1) is 17.6. The molecule has 0 atom stereocenters. The van der Waals surface area contributed by atoms with Crippen LogP contribution >= 0.6 is 0 Å². The fourth-order valence-corrected chi connectivity index (χ4v) is 7.07. The van der Waals surface area contributed by atoms with Crippen LogP contribution in [0.1, 0.15) is 47.9 Å². The number of carbonyl (C=O) groups excluding carboxylic acids is 1. The molecule has 0 aromatic heterocycles. The van der Waals surface area contributed by atoms with E-state index < -0.39 is 10.0 Å². The van der Waals surface area contributed by atoms with Crippen molar-refractivity contribution in [3.8, 4) is 5.75 Å². The fourth-order valence-electron chi connectivity index (χ4n) is 5.48. The Labute approximate surface area is 220 Å². The second-order valence-corrected chi connectivity index (χ2v) is 12.0. The molecule has 202 valence electrons. The number of piperidine rings is 2. The Balaban J connectivity index is 1.24. The number of halogens is 1. The van der Waals surface area contributed by atoms with E-state index in [9.17, 15) is 17.6 Å². The Morgan fingerprint density at radius 2 is 1.57 bits per heavy atom. The van der Waals surface area contributed by atoms with Gasteiger partial charge in [-0.1, -0.05) is 18.2 Å². The predicted molar refractivity (Wildman–Crippen MR) is 142 cm³/mol. The van der Waals surface area contributed by atoms with Gasteiger partial charge in [0.05, 0.1) is 11.4 Å². The molecule has 0 radical (unpaired) electrons. The lowest BCUT2D eigenvalue weighted by atomic mass is 9.98. The largest absolute Gasteiger partial charge is 0.487 e. The third-order valence-electron chi connectivity index (χ3n) is 7.92. The molecule has 7 nitrogen and oxygen atoms in total. The van der Waals surface area contributed by atoms with Crippen molar-refractivity contribution in [2.45, 2.75) is 70.4 Å². The molecule has 2 heterocycles. The highest BCUT2D eigenvalue weighted by molar-refractivity contribution is 7.89. The lowest BCUT2D eigenvalue weighted by Gasteiger charge is -2.41. The average Bonchev–Trinajstić information content (AvgIpc) is 2.88. The van der Waals surface area contributed by atoms with E-state index in [4.69, 9.17) is 4.74 Å². The molecular weight excluding hydrogens is 493 g/mol. The minimum Gasteiger partial charge on any atom is -0.487 e. The smallest absolute Gasteiger partial charge is 0.241 e. The number of hydrogen-bond donors (Lipinski definition) is 1. The summed E-state index contributed by atoms with van der Waals surface area (Å²) in [6.45, 7) is 10.1. The number of hydrogen-bond acceptors (Lipinski definition) is 5. The van der Waals surface area contributed by atoms with Crippen LogP contribution in [-0.2, 0) is 14.8 Å². The Bertz CT molecular complexity index is 1210. The number of nitrogens with zero attached hydrogens (tertiary/aromatic N) is 2. The summed E-state index contributed by atoms with van der Waals surface area (Å²) in [4.78, 5) is 17.3. The van der Waals surface area contributed by atoms with Gasteiger partial charge in [0.2, 0.25) is 15.9 Å². The maximum Gasteiger partial charge on any atom is 0.241 e. The number of likely N-dealkylation sites (tertiary alicyclic amines) is 2. The van der Waals surface area contributed by atoms with Gasteiger partial charge in [-0.3, -0.25) is 9.69 Å². The lowest BCUT2D eigenvalue weighted by molar-refractivity contribution is -0.131. The van der Waals surface area contributed by atoms with Crippen molar-refractivity contribution in [2.75, 3.05) is 32.7 Å². The number of nitrogens with one attached hydrogen (secondary N) is 1. The van der Waals surface area contributed by atoms with Crippen molar-refractivity contribution in [3.05, 3.63) is 58.4 Å². The molecule has 1 N–H and O–H groups in total. The summed E-state index contributed by atoms with van der Waals surface area (Å²) in [5.41, 5.74) is 3.26. The molecule has 9 heteroatoms. The van der Waals surface area contributed by atoms with Gasteiger partial charge >= 0.3 is 0 Å². The summed E-state index contributed by atoms with van der Waals surface area (Å²) in [6.07, 6.45) is 3.39. The van der Waals surface area contributed by atoms with Gasteiger partial charge in [-0.15, -0.1) is 0 Å². The van der Waals surface area contributed by atoms with Crippen LogP contribution in [0.15, 0.2) is 35.2 Å². The molecule has 2 saturated heterocycles. The van der Waals surface area contributed by atoms with Gasteiger partial charge in [0.1, 0.15) is 6.10 Å². The molecule has 2 fully saturated rings. The number of ether oxygens (including phenoxy) is 1. The van der Waals surface area contributed by atoms with E-state index in [1.54, 1.807) is 36.9 Å². The molecule has 0 unspecified atom stereocenters. The van der Waals surface area contributed by atoms with Crippen LogP contribution in [0.3, 0.4) is 0 Å². The van der Waals surface area contributed by atoms with Crippen LogP contribution in [0.2, 0.25) is 0 Å². The van der Waals surface area contributed by atoms with Crippen LogP contribution in [0.5, 0.6) is 5.75 Å². The molecule has 4 rings (SSSR count). The Kier molecular flexibility index (Phi) is 8.56. The summed E-state index contributed by atoms with van der Waals surface area (Å²) in [7, 11) is -3.80. The van der Waals surface area contributed by atoms with E-state index in [-0.39, 0.29) is 29.3 Å². The Morgan fingerprint density at radius 3 is 2.16 bits per heavy atom. The minimum absolute atomic E-state index is 0.00676. The van der Waals surface area contributed by atoms with Crippen molar-refractivity contribution < 1.29 is 22.3 Å². The molecule has 2 aromatic rings. The molecule has 2 aromatic carbocycles. The maximum absolute atomic E-state index is 13.9. The first-order valence-corrected chi connectivity index (χ1v) is 14.5. The highest BCUT2D eigenvalue weighted by atomic mass is 32.2. The molecule has 0 spiro atoms. The van der Waals surface area contributed by atoms with Crippen molar-refractivity contribution in [3.63, 3.8) is 0 Å². The molecule has 2 aliphatic rings. The zero-order valence-corrected chi connectivity index (χ0v) is 23.0. The number of carbonyl (C=O) groups is 1. The maximum atomic E-state index is 13.9. The van der Waals surface area contributed by atoms with Gasteiger partial charge in [0.25, 0.3) is 0 Å². The number of benzene rings is 2. The molecule has 1 amide bonds. The molecule has 0 bridgehead atoms. The van der Waals surface area contributed by atoms with Crippen molar-refractivity contribution in [2.24, 2.45) is 0 Å². The number of aryl methyl sites for hydroxylation is 2. The normalized spacial score (nSPS) is 18.2. The van der Waals surface area contributed by atoms with Gasteiger partial charge in [-0.05, 0) is 87.8 Å². The molecule has 0 saturated carbocycles. The SMILES string of the molecule is Cc1cc(C)c(C)c(S(=O)(=O)NCC(=O)N2CCC(N3CCC(Oc4ccccc4F)CC3)CC2)c1C. The average molecular weight is 532 g/mol. The monoisotopic (exact) mass is 531 g/mol. The summed E-state index contributed by atoms with van der Waals surface area (Å²) < 4.78 is 48.4. The number of sulfonamides is 1. The number of amides is 1. The number of rotatable bonds is 7. The predicted octanol–water partition coefficient (Wildman–Crippen LogP) is 3.87. The van der Waals surface area contributed by atoms with Crippen molar-refractivity contribution >= 4 is 15.9 Å². The van der Waals surface area contributed by atoms with Crippen LogP contribution < -0.4 is 9.46 Å². The first-order valence-electron chi connectivity index (χ1n) is 13.1. The summed E-state index contributed by atoms with van der Waals surface area (Å²) in [5.74, 6) is -0.214. The summed E-state index contributed by atoms with van der Waals surface area (Å²) >= 11 is 0. The van der Waals surface area contributed by atoms with Gasteiger partial charge in [0, 0.05) is 32.2 Å². The van der Waals surface area contributed by atoms with Crippen LogP contribution in [0.25, 0.3) is 0 Å². The standard InChI is InChI=1S/C28H38FN3O4S/c1-19-17-20(2)22(4)28(21(19)3)37(34,35)30-18-27(33)32-13-9-23(10-14-32)31-15-11-24(12-16-31)36-26-8-6-5-7-25(26)29/h5-8,17,23-24,30H,9-16,18H2,1-4H3. The molecule has 37 heavy (non-hydrogen) atoms. The van der Waals surface area contributed by atoms with E-state index in [2.05, 4.69) is 9.62 Å². The lowest BCUT2D eigenvalue weighted by Crippen LogP contribution is -2.51. The zero-order chi connectivity index (χ0) is 26.7. The number of para-hydroxylation sites is 1.